The molecule has 0 aliphatic carbocycles. The SMILES string of the molecule is CCCCCCC=COC(=O)C(O)OC(C)C.[Ti]. The Morgan fingerprint density at radius 2 is 1.94 bits per heavy atom. The molecular weight excluding hydrogens is 268 g/mol. The molecule has 0 saturated carbocycles. The Morgan fingerprint density at radius 1 is 1.28 bits per heavy atom. The molecule has 0 aromatic rings. The molecule has 0 fully saturated rings. The number of carbonyl (C=O) groups excluding carboxylic acids is 1. The third-order valence-electron chi connectivity index (χ3n) is 2.11. The monoisotopic (exact) mass is 292 g/mol. The van der Waals surface area contributed by atoms with Crippen molar-refractivity contribution in [1.29, 1.82) is 0 Å². The summed E-state index contributed by atoms with van der Waals surface area (Å²) in [4.78, 5) is 11.2. The fourth-order valence-corrected chi connectivity index (χ4v) is 1.24. The van der Waals surface area contributed by atoms with Gasteiger partial charge in [-0.2, -0.15) is 0 Å². The van der Waals surface area contributed by atoms with E-state index in [9.17, 15) is 9.90 Å². The molecule has 0 amide bonds. The fraction of sp³-hybridized carbons (Fsp3) is 0.769. The molecule has 104 valence electrons. The molecule has 1 unspecified atom stereocenters. The van der Waals surface area contributed by atoms with Crippen LogP contribution in [0.1, 0.15) is 52.9 Å². The number of unbranched alkanes of at least 4 members (excludes halogenated alkanes) is 4. The van der Waals surface area contributed by atoms with Crippen LogP contribution in [0.25, 0.3) is 0 Å². The Hall–Kier alpha value is -0.156. The number of hydrogen-bond donors (Lipinski definition) is 1. The van der Waals surface area contributed by atoms with Crippen molar-refractivity contribution in [1.82, 2.24) is 0 Å². The van der Waals surface area contributed by atoms with Gasteiger partial charge in [0, 0.05) is 21.7 Å². The maximum Gasteiger partial charge on any atom is 0.368 e. The molecule has 0 aromatic carbocycles. The predicted molar refractivity (Wildman–Crippen MR) is 66.2 cm³/mol. The first-order valence-corrected chi connectivity index (χ1v) is 6.27. The van der Waals surface area contributed by atoms with E-state index in [0.717, 1.165) is 12.8 Å². The molecule has 0 radical (unpaired) electrons. The summed E-state index contributed by atoms with van der Waals surface area (Å²) in [7, 11) is 0. The predicted octanol–water partition coefficient (Wildman–Crippen LogP) is 2.75. The van der Waals surface area contributed by atoms with Gasteiger partial charge in [0.15, 0.2) is 0 Å². The number of aliphatic hydroxyl groups is 1. The van der Waals surface area contributed by atoms with Crippen molar-refractivity contribution in [2.45, 2.75) is 65.3 Å². The van der Waals surface area contributed by atoms with Crippen LogP contribution >= 0.6 is 0 Å². The van der Waals surface area contributed by atoms with Crippen molar-refractivity contribution in [2.24, 2.45) is 0 Å². The summed E-state index contributed by atoms with van der Waals surface area (Å²) < 4.78 is 9.59. The van der Waals surface area contributed by atoms with E-state index in [1.165, 1.54) is 25.5 Å². The molecule has 0 heterocycles. The van der Waals surface area contributed by atoms with Crippen LogP contribution in [0.2, 0.25) is 0 Å². The summed E-state index contributed by atoms with van der Waals surface area (Å²) >= 11 is 0. The van der Waals surface area contributed by atoms with Gasteiger partial charge in [0.05, 0.1) is 12.4 Å². The van der Waals surface area contributed by atoms with Crippen molar-refractivity contribution in [3.63, 3.8) is 0 Å². The summed E-state index contributed by atoms with van der Waals surface area (Å²) in [5.74, 6) is -0.775. The zero-order chi connectivity index (χ0) is 13.1. The number of allylic oxidation sites excluding steroid dienone is 1. The number of hydrogen-bond acceptors (Lipinski definition) is 4. The van der Waals surface area contributed by atoms with Crippen LogP contribution in [-0.4, -0.2) is 23.5 Å². The Kier molecular flexibility index (Phi) is 14.9. The van der Waals surface area contributed by atoms with Crippen LogP contribution in [-0.2, 0) is 36.0 Å². The van der Waals surface area contributed by atoms with Gasteiger partial charge >= 0.3 is 5.97 Å². The first-order chi connectivity index (χ1) is 8.07. The van der Waals surface area contributed by atoms with Gasteiger partial charge in [0.1, 0.15) is 0 Å². The minimum atomic E-state index is -1.50. The molecule has 1 N–H and O–H groups in total. The fourth-order valence-electron chi connectivity index (χ4n) is 1.24. The van der Waals surface area contributed by atoms with Crippen molar-refractivity contribution < 1.29 is 41.1 Å². The van der Waals surface area contributed by atoms with Gasteiger partial charge in [-0.05, 0) is 32.8 Å². The number of ether oxygens (including phenoxy) is 2. The van der Waals surface area contributed by atoms with Gasteiger partial charge in [-0.15, -0.1) is 0 Å². The van der Waals surface area contributed by atoms with Crippen LogP contribution in [0.4, 0.5) is 0 Å². The number of carbonyl (C=O) groups is 1. The van der Waals surface area contributed by atoms with E-state index >= 15 is 0 Å². The minimum absolute atomic E-state index is 0. The van der Waals surface area contributed by atoms with Gasteiger partial charge in [0.25, 0.3) is 6.29 Å². The molecule has 0 rings (SSSR count). The molecule has 0 bridgehead atoms. The molecule has 18 heavy (non-hydrogen) atoms. The first-order valence-electron chi connectivity index (χ1n) is 6.27. The largest absolute Gasteiger partial charge is 0.431 e. The molecule has 0 aromatic heterocycles. The van der Waals surface area contributed by atoms with Gasteiger partial charge in [-0.3, -0.25) is 0 Å². The second kappa shape index (κ2) is 13.3. The van der Waals surface area contributed by atoms with Crippen molar-refractivity contribution in [3.05, 3.63) is 12.3 Å². The van der Waals surface area contributed by atoms with E-state index in [1.54, 1.807) is 19.9 Å². The third-order valence-corrected chi connectivity index (χ3v) is 2.11. The molecular formula is C13H24O4Ti. The van der Waals surface area contributed by atoms with Crippen molar-refractivity contribution in [3.8, 4) is 0 Å². The van der Waals surface area contributed by atoms with Crippen LogP contribution in [0, 0.1) is 0 Å². The Labute approximate surface area is 125 Å². The molecule has 0 saturated heterocycles. The van der Waals surface area contributed by atoms with Crippen LogP contribution in [0.5, 0.6) is 0 Å². The Bertz CT molecular complexity index is 229. The van der Waals surface area contributed by atoms with Gasteiger partial charge in [-0.25, -0.2) is 4.79 Å². The van der Waals surface area contributed by atoms with E-state index < -0.39 is 12.3 Å². The quantitative estimate of drug-likeness (QED) is 0.233. The molecule has 0 spiro atoms. The molecule has 4 nitrogen and oxygen atoms in total. The number of esters is 1. The van der Waals surface area contributed by atoms with Gasteiger partial charge < -0.3 is 14.6 Å². The van der Waals surface area contributed by atoms with Crippen LogP contribution in [0.15, 0.2) is 12.3 Å². The zero-order valence-electron chi connectivity index (χ0n) is 11.5. The third kappa shape index (κ3) is 12.3. The first kappa shape index (κ1) is 20.2. The summed E-state index contributed by atoms with van der Waals surface area (Å²) in [6, 6.07) is 0. The average molecular weight is 292 g/mol. The van der Waals surface area contributed by atoms with E-state index in [1.807, 2.05) is 0 Å². The second-order valence-corrected chi connectivity index (χ2v) is 4.20. The van der Waals surface area contributed by atoms with E-state index in [4.69, 9.17) is 9.47 Å². The van der Waals surface area contributed by atoms with Crippen LogP contribution < -0.4 is 0 Å². The van der Waals surface area contributed by atoms with Gasteiger partial charge in [-0.1, -0.05) is 26.2 Å². The van der Waals surface area contributed by atoms with Crippen molar-refractivity contribution >= 4 is 5.97 Å². The topological polar surface area (TPSA) is 55.8 Å². The van der Waals surface area contributed by atoms with E-state index in [2.05, 4.69) is 6.92 Å². The number of aliphatic hydroxyl groups excluding tert-OH is 1. The van der Waals surface area contributed by atoms with Crippen LogP contribution in [0.3, 0.4) is 0 Å². The summed E-state index contributed by atoms with van der Waals surface area (Å²) in [5, 5.41) is 9.23. The number of rotatable bonds is 9. The Morgan fingerprint density at radius 3 is 2.50 bits per heavy atom. The molecule has 5 heteroatoms. The molecule has 1 atom stereocenters. The maximum absolute atomic E-state index is 11.2. The summed E-state index contributed by atoms with van der Waals surface area (Å²) in [6.45, 7) is 5.63. The van der Waals surface area contributed by atoms with E-state index in [-0.39, 0.29) is 27.8 Å². The average Bonchev–Trinajstić information content (AvgIpc) is 2.26. The zero-order valence-corrected chi connectivity index (χ0v) is 13.1. The van der Waals surface area contributed by atoms with Crippen molar-refractivity contribution in [2.75, 3.05) is 0 Å². The van der Waals surface area contributed by atoms with Gasteiger partial charge in [0.2, 0.25) is 0 Å². The summed E-state index contributed by atoms with van der Waals surface area (Å²) in [5.41, 5.74) is 0. The normalized spacial score (nSPS) is 12.5. The standard InChI is InChI=1S/C13H24O4.Ti/c1-4-5-6-7-8-9-10-16-12(14)13(15)17-11(2)3;/h9-11,13,15H,4-8H2,1-3H3;. The Balaban J connectivity index is 0. The summed E-state index contributed by atoms with van der Waals surface area (Å²) in [6.07, 6.45) is 6.99. The minimum Gasteiger partial charge on any atom is -0.431 e. The second-order valence-electron chi connectivity index (χ2n) is 4.20. The smallest absolute Gasteiger partial charge is 0.368 e. The maximum atomic E-state index is 11.2. The molecule has 0 aliphatic rings. The molecule has 0 aliphatic heterocycles. The van der Waals surface area contributed by atoms with E-state index in [0.29, 0.717) is 0 Å².